The molecule has 1 aromatic rings. The van der Waals surface area contributed by atoms with Gasteiger partial charge in [0.05, 0.1) is 6.54 Å². The van der Waals surface area contributed by atoms with Crippen LogP contribution in [0, 0.1) is 0 Å². The summed E-state index contributed by atoms with van der Waals surface area (Å²) in [4.78, 5) is 34.7. The molecular formula is C28H42N2O6. The SMILES string of the molecule is CC/C=C\C/C=C\CCCCCCCCCCC(=O)NCCOC(=O)Nc1ccc(O)c(C(=O)O)c1. The van der Waals surface area contributed by atoms with Crippen molar-refractivity contribution in [2.45, 2.75) is 84.0 Å². The number of aromatic carboxylic acids is 1. The Labute approximate surface area is 214 Å². The molecule has 2 amide bonds. The van der Waals surface area contributed by atoms with Crippen molar-refractivity contribution in [2.75, 3.05) is 18.5 Å². The lowest BCUT2D eigenvalue weighted by molar-refractivity contribution is -0.121. The lowest BCUT2D eigenvalue weighted by Crippen LogP contribution is -2.28. The van der Waals surface area contributed by atoms with E-state index in [4.69, 9.17) is 9.84 Å². The third-order valence-electron chi connectivity index (χ3n) is 5.50. The van der Waals surface area contributed by atoms with Crippen LogP contribution >= 0.6 is 0 Å². The van der Waals surface area contributed by atoms with Gasteiger partial charge in [-0.15, -0.1) is 0 Å². The number of carbonyl (C=O) groups is 3. The molecule has 0 saturated heterocycles. The van der Waals surface area contributed by atoms with Crippen LogP contribution in [-0.4, -0.2) is 41.3 Å². The lowest BCUT2D eigenvalue weighted by Gasteiger charge is -2.09. The van der Waals surface area contributed by atoms with E-state index in [2.05, 4.69) is 41.9 Å². The van der Waals surface area contributed by atoms with Crippen LogP contribution < -0.4 is 10.6 Å². The van der Waals surface area contributed by atoms with Crippen LogP contribution in [0.1, 0.15) is 94.3 Å². The second-order valence-electron chi connectivity index (χ2n) is 8.60. The van der Waals surface area contributed by atoms with E-state index < -0.39 is 17.8 Å². The first kappa shape index (κ1) is 30.7. The van der Waals surface area contributed by atoms with E-state index >= 15 is 0 Å². The lowest BCUT2D eigenvalue weighted by atomic mass is 10.1. The number of carbonyl (C=O) groups excluding carboxylic acids is 2. The van der Waals surface area contributed by atoms with E-state index in [0.29, 0.717) is 6.42 Å². The van der Waals surface area contributed by atoms with E-state index in [1.165, 1.54) is 44.2 Å². The Balaban J connectivity index is 1.96. The Bertz CT molecular complexity index is 850. The van der Waals surface area contributed by atoms with Crippen molar-refractivity contribution >= 4 is 23.7 Å². The number of unbranched alkanes of at least 4 members (excludes halogenated alkanes) is 8. The van der Waals surface area contributed by atoms with Crippen LogP contribution in [0.15, 0.2) is 42.5 Å². The maximum atomic E-state index is 11.9. The quantitative estimate of drug-likeness (QED) is 0.0963. The van der Waals surface area contributed by atoms with E-state index in [9.17, 15) is 19.5 Å². The summed E-state index contributed by atoms with van der Waals surface area (Å²) >= 11 is 0. The molecule has 1 aromatic carbocycles. The number of hydrogen-bond donors (Lipinski definition) is 4. The average molecular weight is 503 g/mol. The summed E-state index contributed by atoms with van der Waals surface area (Å²) in [6.07, 6.45) is 21.2. The van der Waals surface area contributed by atoms with Crippen LogP contribution in [0.4, 0.5) is 10.5 Å². The molecule has 0 aliphatic rings. The van der Waals surface area contributed by atoms with Gasteiger partial charge in [-0.2, -0.15) is 0 Å². The molecular weight excluding hydrogens is 460 g/mol. The molecule has 0 unspecified atom stereocenters. The summed E-state index contributed by atoms with van der Waals surface area (Å²) < 4.78 is 4.98. The van der Waals surface area contributed by atoms with E-state index in [1.54, 1.807) is 0 Å². The Morgan fingerprint density at radius 1 is 0.917 bits per heavy atom. The molecule has 0 saturated carbocycles. The van der Waals surface area contributed by atoms with Crippen LogP contribution in [0.5, 0.6) is 5.75 Å². The van der Waals surface area contributed by atoms with Gasteiger partial charge in [0.15, 0.2) is 0 Å². The topological polar surface area (TPSA) is 125 Å². The summed E-state index contributed by atoms with van der Waals surface area (Å²) in [6, 6.07) is 3.67. The third-order valence-corrected chi connectivity index (χ3v) is 5.50. The number of phenols is 1. The summed E-state index contributed by atoms with van der Waals surface area (Å²) in [6.45, 7) is 2.34. The van der Waals surface area contributed by atoms with Gasteiger partial charge >= 0.3 is 12.1 Å². The predicted molar refractivity (Wildman–Crippen MR) is 142 cm³/mol. The van der Waals surface area contributed by atoms with Gasteiger partial charge in [-0.05, 0) is 50.3 Å². The summed E-state index contributed by atoms with van der Waals surface area (Å²) in [7, 11) is 0. The smallest absolute Gasteiger partial charge is 0.411 e. The number of benzene rings is 1. The number of rotatable bonds is 19. The van der Waals surface area contributed by atoms with Gasteiger partial charge < -0.3 is 20.3 Å². The zero-order valence-electron chi connectivity index (χ0n) is 21.5. The Kier molecular flexibility index (Phi) is 17.0. The normalized spacial score (nSPS) is 11.1. The molecule has 8 nitrogen and oxygen atoms in total. The molecule has 0 aromatic heterocycles. The Hall–Kier alpha value is -3.29. The number of carboxylic acid groups (broad SMARTS) is 1. The van der Waals surface area contributed by atoms with E-state index in [0.717, 1.165) is 44.6 Å². The molecule has 0 radical (unpaired) electrons. The highest BCUT2D eigenvalue weighted by Gasteiger charge is 2.12. The first-order valence-electron chi connectivity index (χ1n) is 13.0. The highest BCUT2D eigenvalue weighted by molar-refractivity contribution is 5.93. The molecule has 0 atom stereocenters. The van der Waals surface area contributed by atoms with Crippen LogP contribution in [0.3, 0.4) is 0 Å². The van der Waals surface area contributed by atoms with Crippen molar-refractivity contribution in [1.82, 2.24) is 5.32 Å². The van der Waals surface area contributed by atoms with Crippen molar-refractivity contribution in [3.63, 3.8) is 0 Å². The highest BCUT2D eigenvalue weighted by Crippen LogP contribution is 2.21. The fraction of sp³-hybridized carbons (Fsp3) is 0.536. The molecule has 0 spiro atoms. The zero-order chi connectivity index (χ0) is 26.4. The largest absolute Gasteiger partial charge is 0.507 e. The molecule has 0 bridgehead atoms. The van der Waals surface area contributed by atoms with Crippen molar-refractivity contribution in [3.8, 4) is 5.75 Å². The van der Waals surface area contributed by atoms with Crippen molar-refractivity contribution in [3.05, 3.63) is 48.1 Å². The number of hydrogen-bond acceptors (Lipinski definition) is 5. The van der Waals surface area contributed by atoms with Gasteiger partial charge in [0, 0.05) is 12.1 Å². The van der Waals surface area contributed by atoms with E-state index in [1.807, 2.05) is 0 Å². The fourth-order valence-electron chi connectivity index (χ4n) is 3.53. The predicted octanol–water partition coefficient (Wildman–Crippen LogP) is 6.57. The van der Waals surface area contributed by atoms with Crippen LogP contribution in [0.2, 0.25) is 0 Å². The van der Waals surface area contributed by atoms with Gasteiger partial charge in [-0.25, -0.2) is 9.59 Å². The first-order valence-corrected chi connectivity index (χ1v) is 13.0. The number of amides is 2. The second-order valence-corrected chi connectivity index (χ2v) is 8.60. The van der Waals surface area contributed by atoms with E-state index in [-0.39, 0.29) is 30.3 Å². The number of nitrogens with one attached hydrogen (secondary N) is 2. The van der Waals surface area contributed by atoms with Crippen molar-refractivity contribution < 1.29 is 29.3 Å². The molecule has 0 fully saturated rings. The maximum Gasteiger partial charge on any atom is 0.411 e. The van der Waals surface area contributed by atoms with Gasteiger partial charge in [-0.3, -0.25) is 10.1 Å². The molecule has 0 aliphatic carbocycles. The number of ether oxygens (including phenoxy) is 1. The molecule has 200 valence electrons. The third kappa shape index (κ3) is 15.6. The fourth-order valence-corrected chi connectivity index (χ4v) is 3.53. The Morgan fingerprint density at radius 3 is 2.28 bits per heavy atom. The summed E-state index contributed by atoms with van der Waals surface area (Å²) in [5.74, 6) is -1.77. The average Bonchev–Trinajstić information content (AvgIpc) is 2.85. The zero-order valence-corrected chi connectivity index (χ0v) is 21.5. The molecule has 0 heterocycles. The van der Waals surface area contributed by atoms with Crippen molar-refractivity contribution in [2.24, 2.45) is 0 Å². The summed E-state index contributed by atoms with van der Waals surface area (Å²) in [5, 5.41) is 23.6. The monoisotopic (exact) mass is 502 g/mol. The molecule has 8 heteroatoms. The van der Waals surface area contributed by atoms with Gasteiger partial charge in [0.2, 0.25) is 5.91 Å². The number of aromatic hydroxyl groups is 1. The van der Waals surface area contributed by atoms with Gasteiger partial charge in [-0.1, -0.05) is 69.8 Å². The molecule has 0 aliphatic heterocycles. The minimum Gasteiger partial charge on any atom is -0.507 e. The molecule has 4 N–H and O–H groups in total. The minimum absolute atomic E-state index is 0.00680. The second kappa shape index (κ2) is 20.0. The van der Waals surface area contributed by atoms with Crippen LogP contribution in [-0.2, 0) is 9.53 Å². The number of allylic oxidation sites excluding steroid dienone is 4. The number of anilines is 1. The standard InChI is InChI=1S/C28H42N2O6/c1-2-3-4-5-6-7-8-9-10-11-12-13-14-15-16-17-26(32)29-20-21-36-28(35)30-23-18-19-25(31)24(22-23)27(33)34/h3-4,6-7,18-19,22,31H,2,5,8-17,20-21H2,1H3,(H,29,32)(H,30,35)(H,33,34)/b4-3-,7-6-. The van der Waals surface area contributed by atoms with Gasteiger partial charge in [0.1, 0.15) is 17.9 Å². The maximum absolute atomic E-state index is 11.9. The first-order chi connectivity index (χ1) is 17.4. The summed E-state index contributed by atoms with van der Waals surface area (Å²) in [5.41, 5.74) is -0.142. The molecule has 36 heavy (non-hydrogen) atoms. The molecule has 1 rings (SSSR count). The number of carboxylic acids is 1. The highest BCUT2D eigenvalue weighted by atomic mass is 16.5. The van der Waals surface area contributed by atoms with Crippen molar-refractivity contribution in [1.29, 1.82) is 0 Å². The van der Waals surface area contributed by atoms with Gasteiger partial charge in [0.25, 0.3) is 0 Å². The Morgan fingerprint density at radius 2 is 1.58 bits per heavy atom. The van der Waals surface area contributed by atoms with Crippen LogP contribution in [0.25, 0.3) is 0 Å². The minimum atomic E-state index is -1.31.